The Morgan fingerprint density at radius 2 is 0.607 bits per heavy atom. The molecule has 0 saturated carbocycles. The number of nitriles is 1. The molecule has 4 rings (SSSR count). The quantitative estimate of drug-likeness (QED) is 0.0500. The Labute approximate surface area is 495 Å². The van der Waals surface area contributed by atoms with E-state index in [1.165, 1.54) is 90.0 Å². The van der Waals surface area contributed by atoms with Crippen molar-refractivity contribution in [3.05, 3.63) is 118 Å². The lowest BCUT2D eigenvalue weighted by Crippen LogP contribution is -2.48. The Morgan fingerprint density at radius 3 is 0.857 bits per heavy atom. The maximum absolute atomic E-state index is 15.0. The van der Waals surface area contributed by atoms with Crippen molar-refractivity contribution in [1.29, 1.82) is 5.26 Å². The Morgan fingerprint density at radius 1 is 0.381 bits per heavy atom. The minimum absolute atomic E-state index is 0.0253. The topological polar surface area (TPSA) is 273 Å². The van der Waals surface area contributed by atoms with Gasteiger partial charge in [-0.15, -0.1) is 10.2 Å². The van der Waals surface area contributed by atoms with E-state index in [0.717, 1.165) is 16.7 Å². The fourth-order valence-electron chi connectivity index (χ4n) is 6.75. The minimum atomic E-state index is -1.48. The third-order valence-electron chi connectivity index (χ3n) is 11.1. The van der Waals surface area contributed by atoms with E-state index in [-0.39, 0.29) is 50.4 Å². The van der Waals surface area contributed by atoms with E-state index >= 15 is 0 Å². The van der Waals surface area contributed by atoms with Crippen LogP contribution in [-0.2, 0) is 16.2 Å². The zero-order valence-electron chi connectivity index (χ0n) is 52.6. The molecule has 0 spiro atoms. The van der Waals surface area contributed by atoms with Crippen LogP contribution < -0.4 is 32.4 Å². The van der Waals surface area contributed by atoms with Crippen molar-refractivity contribution in [3.63, 3.8) is 0 Å². The maximum atomic E-state index is 15.0. The lowest BCUT2D eigenvalue weighted by atomic mass is 9.84. The van der Waals surface area contributed by atoms with E-state index in [4.69, 9.17) is 5.26 Å². The zero-order valence-corrected chi connectivity index (χ0v) is 52.6. The van der Waals surface area contributed by atoms with Gasteiger partial charge in [0.05, 0.1) is 50.8 Å². The number of hydrogen-bond acceptors (Lipinski definition) is 16. The number of anilines is 2. The Kier molecular flexibility index (Phi) is 21.7. The Hall–Kier alpha value is -8.31. The van der Waals surface area contributed by atoms with Crippen molar-refractivity contribution in [1.82, 2.24) is 0 Å². The van der Waals surface area contributed by atoms with E-state index in [9.17, 15) is 45.3 Å². The second-order valence-electron chi connectivity index (χ2n) is 26.3. The molecule has 0 saturated heterocycles. The molecule has 4 aromatic carbocycles. The number of nitrogens with one attached hydrogen (secondary N) is 2. The van der Waals surface area contributed by atoms with Gasteiger partial charge in [-0.05, 0) is 152 Å². The number of phenols is 1. The SMILES string of the molecule is CC#N.CC(C)(O)C#Cc1cc(C(C)(C)C)cc(C#CC(C)(C)O)c1N=Nc1c(O)/c(=N/Nc2c(C#CC(C)(C)O)cc(C(C)(C)C)cc2C#CC(C)(C)O)c(=O)/c(=N/Nc2c(C#CC(C)(C)O)cc(C(C)(C)C)cc2C#CC(C)(C)O)c1=O. The summed E-state index contributed by atoms with van der Waals surface area (Å²) in [5, 5.41) is 100.0. The number of phenolic OH excluding ortho intramolecular Hbond substituents is 1. The van der Waals surface area contributed by atoms with Crippen LogP contribution in [0.2, 0.25) is 0 Å². The molecule has 0 aliphatic heterocycles. The van der Waals surface area contributed by atoms with Crippen LogP contribution in [0, 0.1) is 82.4 Å². The monoisotopic (exact) mass is 1140 g/mol. The van der Waals surface area contributed by atoms with Crippen molar-refractivity contribution in [2.45, 2.75) is 202 Å². The van der Waals surface area contributed by atoms with Crippen molar-refractivity contribution >= 4 is 22.7 Å². The maximum Gasteiger partial charge on any atom is 0.241 e. The molecule has 442 valence electrons. The van der Waals surface area contributed by atoms with Gasteiger partial charge in [0.15, 0.2) is 22.2 Å². The average Bonchev–Trinajstić information content (AvgIpc) is 3.51. The molecule has 0 unspecified atom stereocenters. The molecule has 0 amide bonds. The fourth-order valence-corrected chi connectivity index (χ4v) is 6.75. The second-order valence-corrected chi connectivity index (χ2v) is 26.3. The summed E-state index contributed by atoms with van der Waals surface area (Å²) in [5.74, 6) is 33.6. The number of benzene rings is 4. The van der Waals surface area contributed by atoms with E-state index in [2.05, 4.69) is 102 Å². The highest BCUT2D eigenvalue weighted by Crippen LogP contribution is 2.35. The van der Waals surface area contributed by atoms with Crippen LogP contribution in [0.3, 0.4) is 0 Å². The van der Waals surface area contributed by atoms with Gasteiger partial charge in [-0.1, -0.05) is 133 Å². The van der Waals surface area contributed by atoms with E-state index in [1.54, 1.807) is 42.5 Å². The summed E-state index contributed by atoms with van der Waals surface area (Å²) in [7, 11) is 0. The van der Waals surface area contributed by atoms with Gasteiger partial charge in [0.1, 0.15) is 39.3 Å². The largest absolute Gasteiger partial charge is 0.504 e. The van der Waals surface area contributed by atoms with Gasteiger partial charge in [0.25, 0.3) is 0 Å². The molecule has 0 heterocycles. The molecule has 4 aromatic rings. The van der Waals surface area contributed by atoms with Crippen LogP contribution in [0.4, 0.5) is 22.7 Å². The van der Waals surface area contributed by atoms with Gasteiger partial charge in [-0.25, -0.2) is 0 Å². The van der Waals surface area contributed by atoms with Crippen LogP contribution in [0.5, 0.6) is 5.75 Å². The summed E-state index contributed by atoms with van der Waals surface area (Å²) in [6.07, 6.45) is 0. The average molecular weight is 1140 g/mol. The third-order valence-corrected chi connectivity index (χ3v) is 11.1. The summed E-state index contributed by atoms with van der Waals surface area (Å²) < 4.78 is 0. The molecule has 0 aromatic heterocycles. The second kappa shape index (κ2) is 26.1. The van der Waals surface area contributed by atoms with Gasteiger partial charge in [-0.2, -0.15) is 15.5 Å². The standard InChI is InChI=1S/C66H78N6O9.C2H3N/c1-58(2,3)46-34-40(22-28-61(10,11)76)49(41(35-46)23-29-62(12,13)77)67-70-52-55(73)53(71-68-50-42(24-30-63(14,15)78)36-47(59(4,5)6)37-43(50)25-31-64(16,17)79)57(75)54(56(52)74)72-69-51-44(26-32-65(18,19)80)38-48(60(7,8)9)39-45(51)27-33-66(20,21)81;1-2-3/h34-39,67-68,74,76-81H,1-21H3;1H3/b70-52+,71-53-,72-69?;. The molecule has 16 nitrogen and oxygen atoms in total. The number of nitrogens with zero attached hydrogens (tertiary/aromatic N) is 5. The van der Waals surface area contributed by atoms with Crippen molar-refractivity contribution < 1.29 is 35.7 Å². The molecule has 84 heavy (non-hydrogen) atoms. The number of rotatable bonds is 6. The van der Waals surface area contributed by atoms with E-state index in [0.29, 0.717) is 0 Å². The van der Waals surface area contributed by atoms with Crippen LogP contribution in [0.1, 0.15) is 202 Å². The Balaban J connectivity index is 0.00000603. The van der Waals surface area contributed by atoms with Gasteiger partial charge in [-0.3, -0.25) is 20.4 Å². The number of aromatic hydroxyl groups is 1. The first-order valence-electron chi connectivity index (χ1n) is 27.0. The molecule has 0 fully saturated rings. The summed E-state index contributed by atoms with van der Waals surface area (Å²) in [4.78, 5) is 30.0. The van der Waals surface area contributed by atoms with Crippen LogP contribution in [0.25, 0.3) is 0 Å². The van der Waals surface area contributed by atoms with Crippen LogP contribution in [0.15, 0.2) is 66.4 Å². The number of aliphatic hydroxyl groups is 6. The molecule has 0 bridgehead atoms. The smallest absolute Gasteiger partial charge is 0.241 e. The first kappa shape index (κ1) is 70.0. The molecule has 16 heteroatoms. The molecule has 0 radical (unpaired) electrons. The molecule has 0 aliphatic carbocycles. The third kappa shape index (κ3) is 22.1. The number of azo groups is 1. The first-order valence-corrected chi connectivity index (χ1v) is 27.0. The van der Waals surface area contributed by atoms with E-state index in [1.807, 2.05) is 62.3 Å². The molecule has 0 atom stereocenters. The summed E-state index contributed by atoms with van der Waals surface area (Å²) in [6, 6.07) is 12.2. The summed E-state index contributed by atoms with van der Waals surface area (Å²) >= 11 is 0. The van der Waals surface area contributed by atoms with Crippen molar-refractivity contribution in [3.8, 4) is 82.9 Å². The molecule has 9 N–H and O–H groups in total. The van der Waals surface area contributed by atoms with Crippen molar-refractivity contribution in [2.75, 3.05) is 10.9 Å². The number of hydrogen-bond donors (Lipinski definition) is 9. The molecular weight excluding hydrogens is 1060 g/mol. The highest BCUT2D eigenvalue weighted by atomic mass is 16.3. The zero-order chi connectivity index (χ0) is 64.6. The lowest BCUT2D eigenvalue weighted by molar-refractivity contribution is 0.143. The van der Waals surface area contributed by atoms with E-state index < -0.39 is 82.9 Å². The highest BCUT2D eigenvalue weighted by Gasteiger charge is 2.25. The Bertz CT molecular complexity index is 3750. The molecule has 0 aliphatic rings. The molecular formula is C68H81N7O9. The lowest BCUT2D eigenvalue weighted by Gasteiger charge is -2.21. The van der Waals surface area contributed by atoms with Gasteiger partial charge < -0.3 is 35.7 Å². The van der Waals surface area contributed by atoms with Crippen molar-refractivity contribution in [2.24, 2.45) is 20.4 Å². The predicted octanol–water partition coefficient (Wildman–Crippen LogP) is 8.42. The predicted molar refractivity (Wildman–Crippen MR) is 331 cm³/mol. The highest BCUT2D eigenvalue weighted by molar-refractivity contribution is 5.72. The normalized spacial score (nSPS) is 12.7. The van der Waals surface area contributed by atoms with Crippen LogP contribution >= 0.6 is 0 Å². The minimum Gasteiger partial charge on any atom is -0.504 e. The van der Waals surface area contributed by atoms with Gasteiger partial charge in [0.2, 0.25) is 10.9 Å². The van der Waals surface area contributed by atoms with Gasteiger partial charge in [0, 0.05) is 6.92 Å². The van der Waals surface area contributed by atoms with Gasteiger partial charge >= 0.3 is 0 Å². The summed E-state index contributed by atoms with van der Waals surface area (Å²) in [5.41, 5.74) is -4.09. The first-order chi connectivity index (χ1) is 37.9. The fraction of sp³-hybridized carbons (Fsp3) is 0.456. The van der Waals surface area contributed by atoms with Crippen LogP contribution in [-0.4, -0.2) is 69.4 Å². The summed E-state index contributed by atoms with van der Waals surface area (Å²) in [6.45, 7) is 37.1.